The molecule has 0 atom stereocenters. The summed E-state index contributed by atoms with van der Waals surface area (Å²) in [5, 5.41) is 1.26. The van der Waals surface area contributed by atoms with Crippen LogP contribution in [0.1, 0.15) is 10.4 Å². The highest BCUT2D eigenvalue weighted by Gasteiger charge is 2.25. The van der Waals surface area contributed by atoms with Crippen molar-refractivity contribution in [3.63, 3.8) is 0 Å². The molecule has 1 aliphatic rings. The van der Waals surface area contributed by atoms with Crippen LogP contribution in [0.3, 0.4) is 0 Å². The van der Waals surface area contributed by atoms with E-state index in [1.54, 1.807) is 11.3 Å². The van der Waals surface area contributed by atoms with E-state index in [1.807, 2.05) is 12.1 Å². The number of thiophene rings is 1. The molecule has 31 heavy (non-hydrogen) atoms. The second-order valence-electron chi connectivity index (χ2n) is 7.85. The molecule has 0 amide bonds. The van der Waals surface area contributed by atoms with Crippen LogP contribution in [0.4, 0.5) is 15.9 Å². The number of aryl methyl sites for hydroxylation is 2. The summed E-state index contributed by atoms with van der Waals surface area (Å²) >= 11 is 7.91. The molecule has 0 aliphatic carbocycles. The van der Waals surface area contributed by atoms with Gasteiger partial charge in [0.15, 0.2) is 0 Å². The molecule has 4 aromatic rings. The third kappa shape index (κ3) is 3.86. The molecule has 4 nitrogen and oxygen atoms in total. The van der Waals surface area contributed by atoms with Gasteiger partial charge >= 0.3 is 0 Å². The summed E-state index contributed by atoms with van der Waals surface area (Å²) in [7, 11) is 0. The fourth-order valence-electron chi connectivity index (χ4n) is 4.26. The Bertz CT molecular complexity index is 1250. The Morgan fingerprint density at radius 2 is 1.65 bits per heavy atom. The van der Waals surface area contributed by atoms with Crippen molar-refractivity contribution in [3.8, 4) is 11.1 Å². The van der Waals surface area contributed by atoms with Gasteiger partial charge in [-0.05, 0) is 60.8 Å². The molecule has 0 N–H and O–H groups in total. The Labute approximate surface area is 189 Å². The van der Waals surface area contributed by atoms with Gasteiger partial charge in [0.2, 0.25) is 5.28 Å². The summed E-state index contributed by atoms with van der Waals surface area (Å²) in [6.45, 7) is 7.68. The van der Waals surface area contributed by atoms with Gasteiger partial charge in [0.1, 0.15) is 16.5 Å². The molecule has 0 unspecified atom stereocenters. The summed E-state index contributed by atoms with van der Waals surface area (Å²) in [5.41, 5.74) is 4.55. The first kappa shape index (κ1) is 20.2. The Balaban J connectivity index is 1.52. The molecule has 2 aromatic heterocycles. The maximum absolute atomic E-state index is 13.5. The van der Waals surface area contributed by atoms with Gasteiger partial charge in [-0.2, -0.15) is 4.98 Å². The number of benzene rings is 2. The number of rotatable bonds is 3. The van der Waals surface area contributed by atoms with Crippen LogP contribution in [0.15, 0.2) is 48.5 Å². The van der Waals surface area contributed by atoms with Gasteiger partial charge in [0.25, 0.3) is 0 Å². The van der Waals surface area contributed by atoms with Gasteiger partial charge in [-0.3, -0.25) is 0 Å². The van der Waals surface area contributed by atoms with Crippen LogP contribution in [0.2, 0.25) is 5.28 Å². The van der Waals surface area contributed by atoms with Crippen molar-refractivity contribution in [2.75, 3.05) is 36.0 Å². The Morgan fingerprint density at radius 1 is 0.935 bits per heavy atom. The maximum atomic E-state index is 13.5. The zero-order valence-corrected chi connectivity index (χ0v) is 19.0. The minimum Gasteiger partial charge on any atom is -0.368 e. The normalized spacial score (nSPS) is 14.5. The van der Waals surface area contributed by atoms with Crippen LogP contribution in [0.25, 0.3) is 21.3 Å². The molecule has 7 heteroatoms. The van der Waals surface area contributed by atoms with Crippen LogP contribution in [-0.2, 0) is 0 Å². The first-order valence-corrected chi connectivity index (χ1v) is 11.5. The predicted octanol–water partition coefficient (Wildman–Crippen LogP) is 6.09. The third-order valence-corrected chi connectivity index (χ3v) is 6.93. The molecule has 0 radical (unpaired) electrons. The lowest BCUT2D eigenvalue weighted by Crippen LogP contribution is -2.47. The Kier molecular flexibility index (Phi) is 5.28. The van der Waals surface area contributed by atoms with Crippen LogP contribution < -0.4 is 9.80 Å². The molecule has 5 rings (SSSR count). The van der Waals surface area contributed by atoms with Gasteiger partial charge < -0.3 is 9.80 Å². The zero-order chi connectivity index (χ0) is 21.5. The number of fused-ring (bicyclic) bond motifs is 1. The molecule has 3 heterocycles. The maximum Gasteiger partial charge on any atom is 0.225 e. The number of piperazine rings is 1. The Morgan fingerprint density at radius 3 is 2.35 bits per heavy atom. The number of hydrogen-bond acceptors (Lipinski definition) is 5. The van der Waals surface area contributed by atoms with E-state index in [-0.39, 0.29) is 11.1 Å². The molecule has 0 saturated carbocycles. The van der Waals surface area contributed by atoms with E-state index in [1.165, 1.54) is 23.4 Å². The van der Waals surface area contributed by atoms with Gasteiger partial charge in [-0.1, -0.05) is 24.3 Å². The topological polar surface area (TPSA) is 32.3 Å². The number of aromatic nitrogens is 2. The van der Waals surface area contributed by atoms with Crippen LogP contribution in [0, 0.1) is 19.7 Å². The van der Waals surface area contributed by atoms with E-state index in [0.717, 1.165) is 58.2 Å². The molecule has 158 valence electrons. The van der Waals surface area contributed by atoms with Crippen LogP contribution >= 0.6 is 22.9 Å². The third-order valence-electron chi connectivity index (χ3n) is 5.76. The zero-order valence-electron chi connectivity index (χ0n) is 17.4. The first-order valence-electron chi connectivity index (χ1n) is 10.3. The predicted molar refractivity (Wildman–Crippen MR) is 128 cm³/mol. The molecular weight excluding hydrogens is 431 g/mol. The summed E-state index contributed by atoms with van der Waals surface area (Å²) in [4.78, 5) is 15.8. The van der Waals surface area contributed by atoms with Crippen molar-refractivity contribution in [3.05, 3.63) is 70.1 Å². The van der Waals surface area contributed by atoms with Gasteiger partial charge in [0, 0.05) is 42.3 Å². The van der Waals surface area contributed by atoms with E-state index < -0.39 is 0 Å². The summed E-state index contributed by atoms with van der Waals surface area (Å²) in [5.74, 6) is 0.621. The minimum absolute atomic E-state index is 0.243. The number of hydrogen-bond donors (Lipinski definition) is 0. The highest BCUT2D eigenvalue weighted by Crippen LogP contribution is 2.42. The monoisotopic (exact) mass is 452 g/mol. The smallest absolute Gasteiger partial charge is 0.225 e. The van der Waals surface area contributed by atoms with Crippen molar-refractivity contribution in [1.29, 1.82) is 0 Å². The summed E-state index contributed by atoms with van der Waals surface area (Å²) in [6.07, 6.45) is 0. The average molecular weight is 453 g/mol. The number of anilines is 2. The molecular formula is C24H22ClFN4S. The van der Waals surface area contributed by atoms with Gasteiger partial charge in [-0.15, -0.1) is 11.3 Å². The lowest BCUT2D eigenvalue weighted by atomic mass is 10.0. The largest absolute Gasteiger partial charge is 0.368 e. The summed E-state index contributed by atoms with van der Waals surface area (Å²) in [6, 6.07) is 15.2. The number of nitrogens with zero attached hydrogens (tertiary/aromatic N) is 4. The van der Waals surface area contributed by atoms with Crippen molar-refractivity contribution in [2.24, 2.45) is 0 Å². The van der Waals surface area contributed by atoms with E-state index in [2.05, 4.69) is 57.9 Å². The fraction of sp³-hybridized carbons (Fsp3) is 0.250. The van der Waals surface area contributed by atoms with Gasteiger partial charge in [-0.25, -0.2) is 9.37 Å². The van der Waals surface area contributed by atoms with Crippen LogP contribution in [0.5, 0.6) is 0 Å². The quantitative estimate of drug-likeness (QED) is 0.352. The van der Waals surface area contributed by atoms with Crippen molar-refractivity contribution < 1.29 is 4.39 Å². The lowest BCUT2D eigenvalue weighted by Gasteiger charge is -2.37. The van der Waals surface area contributed by atoms with Crippen LogP contribution in [-0.4, -0.2) is 36.1 Å². The Hall–Kier alpha value is -2.70. The molecule has 1 fully saturated rings. The van der Waals surface area contributed by atoms with Crippen molar-refractivity contribution >= 4 is 44.7 Å². The van der Waals surface area contributed by atoms with E-state index in [0.29, 0.717) is 0 Å². The van der Waals surface area contributed by atoms with Gasteiger partial charge in [0.05, 0.1) is 5.39 Å². The standard InChI is InChI=1S/C24H22ClFN4S/c1-15-4-3-5-19(14-15)29-10-12-30(13-11-29)22-21-20(17-6-8-18(26)9-7-17)16(2)31-23(21)28-24(25)27-22/h3-9,14H,10-13H2,1-2H3. The highest BCUT2D eigenvalue weighted by atomic mass is 35.5. The van der Waals surface area contributed by atoms with Crippen molar-refractivity contribution in [2.45, 2.75) is 13.8 Å². The average Bonchev–Trinajstić information content (AvgIpc) is 3.09. The molecule has 0 bridgehead atoms. The SMILES string of the molecule is Cc1cccc(N2CCN(c3nc(Cl)nc4sc(C)c(-c5ccc(F)cc5)c34)CC2)c1. The number of halogens is 2. The molecule has 0 spiro atoms. The lowest BCUT2D eigenvalue weighted by molar-refractivity contribution is 0.628. The fourth-order valence-corrected chi connectivity index (χ4v) is 5.52. The first-order chi connectivity index (χ1) is 15.0. The molecule has 1 aliphatic heterocycles. The second kappa shape index (κ2) is 8.09. The van der Waals surface area contributed by atoms with E-state index >= 15 is 0 Å². The highest BCUT2D eigenvalue weighted by molar-refractivity contribution is 7.19. The van der Waals surface area contributed by atoms with E-state index in [4.69, 9.17) is 11.6 Å². The molecule has 2 aromatic carbocycles. The van der Waals surface area contributed by atoms with E-state index in [9.17, 15) is 4.39 Å². The molecule has 1 saturated heterocycles. The second-order valence-corrected chi connectivity index (χ2v) is 9.39. The minimum atomic E-state index is -0.243. The summed E-state index contributed by atoms with van der Waals surface area (Å²) < 4.78 is 13.5. The van der Waals surface area contributed by atoms with Crippen molar-refractivity contribution in [1.82, 2.24) is 9.97 Å².